The van der Waals surface area contributed by atoms with Crippen LogP contribution in [0.4, 0.5) is 0 Å². The molecule has 1 aromatic heterocycles. The van der Waals surface area contributed by atoms with Gasteiger partial charge in [-0.3, -0.25) is 10.2 Å². The lowest BCUT2D eigenvalue weighted by Crippen LogP contribution is -2.41. The van der Waals surface area contributed by atoms with Crippen molar-refractivity contribution in [1.29, 1.82) is 0 Å². The maximum Gasteiger partial charge on any atom is 0.276 e. The van der Waals surface area contributed by atoms with Crippen LogP contribution in [0.1, 0.15) is 26.5 Å². The van der Waals surface area contributed by atoms with Gasteiger partial charge in [-0.2, -0.15) is 0 Å². The summed E-state index contributed by atoms with van der Waals surface area (Å²) >= 11 is 13.1. The van der Waals surface area contributed by atoms with Gasteiger partial charge in [0.25, 0.3) is 15.9 Å². The van der Waals surface area contributed by atoms with Gasteiger partial charge in [0, 0.05) is 9.90 Å². The molecule has 3 rings (SSSR count). The fraction of sp³-hybridized carbons (Fsp3) is 0.214. The number of carbonyl (C=O) groups is 1. The lowest BCUT2D eigenvalue weighted by molar-refractivity contribution is 0.0949. The topological polar surface area (TPSA) is 75.3 Å². The summed E-state index contributed by atoms with van der Waals surface area (Å²) in [4.78, 5) is 15.6. The van der Waals surface area contributed by atoms with Crippen LogP contribution in [-0.4, -0.2) is 14.3 Å². The van der Waals surface area contributed by atoms with Crippen molar-refractivity contribution in [3.8, 4) is 0 Å². The second-order valence-corrected chi connectivity index (χ2v) is 8.68. The number of hydrogen-bond donors (Lipinski definition) is 2. The summed E-state index contributed by atoms with van der Waals surface area (Å²) < 4.78 is 24.4. The molecule has 0 bridgehead atoms. The van der Waals surface area contributed by atoms with Gasteiger partial charge in [-0.05, 0) is 49.1 Å². The molecular formula is C14H12Cl2N2O3S2. The Morgan fingerprint density at radius 2 is 1.96 bits per heavy atom. The number of halogens is 2. The van der Waals surface area contributed by atoms with E-state index in [1.54, 1.807) is 0 Å². The van der Waals surface area contributed by atoms with Crippen molar-refractivity contribution >= 4 is 50.5 Å². The van der Waals surface area contributed by atoms with Gasteiger partial charge in [-0.25, -0.2) is 8.42 Å². The van der Waals surface area contributed by atoms with Crippen LogP contribution in [0.3, 0.4) is 0 Å². The van der Waals surface area contributed by atoms with Crippen LogP contribution in [0.15, 0.2) is 29.2 Å². The molecule has 0 spiro atoms. The zero-order valence-corrected chi connectivity index (χ0v) is 14.9. The first kappa shape index (κ1) is 16.7. The third-order valence-electron chi connectivity index (χ3n) is 3.45. The summed E-state index contributed by atoms with van der Waals surface area (Å²) in [5.41, 5.74) is 3.37. The van der Waals surface area contributed by atoms with Crippen molar-refractivity contribution in [2.24, 2.45) is 0 Å². The number of thiophene rings is 1. The minimum atomic E-state index is -4.01. The van der Waals surface area contributed by atoms with Crippen molar-refractivity contribution < 1.29 is 13.2 Å². The molecule has 0 atom stereocenters. The van der Waals surface area contributed by atoms with Crippen LogP contribution in [-0.2, 0) is 22.9 Å². The Bertz CT molecular complexity index is 857. The predicted molar refractivity (Wildman–Crippen MR) is 90.6 cm³/mol. The second-order valence-electron chi connectivity index (χ2n) is 5.05. The summed E-state index contributed by atoms with van der Waals surface area (Å²) in [5, 5.41) is 0.252. The molecule has 23 heavy (non-hydrogen) atoms. The van der Waals surface area contributed by atoms with Crippen LogP contribution in [0.5, 0.6) is 0 Å². The van der Waals surface area contributed by atoms with Crippen molar-refractivity contribution in [1.82, 2.24) is 10.3 Å². The first-order valence-electron chi connectivity index (χ1n) is 6.75. The average molecular weight is 391 g/mol. The molecule has 1 heterocycles. The lowest BCUT2D eigenvalue weighted by atomic mass is 10.2. The summed E-state index contributed by atoms with van der Waals surface area (Å²) in [5.74, 6) is -0.494. The van der Waals surface area contributed by atoms with Crippen LogP contribution >= 0.6 is 34.5 Å². The van der Waals surface area contributed by atoms with Gasteiger partial charge in [0.2, 0.25) is 0 Å². The Kier molecular flexibility index (Phi) is 4.66. The Labute approximate surface area is 147 Å². The molecule has 1 aliphatic rings. The van der Waals surface area contributed by atoms with Gasteiger partial charge < -0.3 is 0 Å². The van der Waals surface area contributed by atoms with Crippen molar-refractivity contribution in [2.45, 2.75) is 24.2 Å². The van der Waals surface area contributed by atoms with E-state index in [1.807, 2.05) is 10.9 Å². The Morgan fingerprint density at radius 3 is 2.70 bits per heavy atom. The van der Waals surface area contributed by atoms with Crippen LogP contribution in [0.2, 0.25) is 10.0 Å². The Morgan fingerprint density at radius 1 is 1.17 bits per heavy atom. The van der Waals surface area contributed by atoms with Crippen LogP contribution in [0.25, 0.3) is 0 Å². The highest BCUT2D eigenvalue weighted by Gasteiger charge is 2.22. The van der Waals surface area contributed by atoms with Gasteiger partial charge >= 0.3 is 0 Å². The van der Waals surface area contributed by atoms with Crippen molar-refractivity contribution in [3.05, 3.63) is 49.6 Å². The Hall–Kier alpha value is -1.12. The first-order chi connectivity index (χ1) is 10.9. The summed E-state index contributed by atoms with van der Waals surface area (Å²) in [6.45, 7) is 0. The number of hydrogen-bond acceptors (Lipinski definition) is 4. The smallest absolute Gasteiger partial charge is 0.273 e. The number of nitrogens with one attached hydrogen (secondary N) is 2. The minimum absolute atomic E-state index is 0.0197. The molecule has 0 unspecified atom stereocenters. The molecule has 1 aromatic carbocycles. The molecule has 2 N–H and O–H groups in total. The third-order valence-corrected chi connectivity index (χ3v) is 6.65. The molecular weight excluding hydrogens is 379 g/mol. The van der Waals surface area contributed by atoms with Gasteiger partial charge in [0.15, 0.2) is 0 Å². The highest BCUT2D eigenvalue weighted by Crippen LogP contribution is 2.30. The van der Waals surface area contributed by atoms with E-state index in [9.17, 15) is 13.2 Å². The zero-order valence-electron chi connectivity index (χ0n) is 11.7. The van der Waals surface area contributed by atoms with Crippen LogP contribution in [0, 0.1) is 0 Å². The monoisotopic (exact) mass is 390 g/mol. The molecule has 0 saturated carbocycles. The number of aryl methyl sites for hydroxylation is 2. The number of sulfonamides is 1. The van der Waals surface area contributed by atoms with Gasteiger partial charge in [-0.1, -0.05) is 23.2 Å². The van der Waals surface area contributed by atoms with E-state index in [0.717, 1.165) is 19.3 Å². The summed E-state index contributed by atoms with van der Waals surface area (Å²) in [6.07, 6.45) is 3.03. The molecule has 2 aromatic rings. The fourth-order valence-electron chi connectivity index (χ4n) is 2.35. The third kappa shape index (κ3) is 3.54. The van der Waals surface area contributed by atoms with Crippen LogP contribution < -0.4 is 10.3 Å². The number of hydrazine groups is 1. The van der Waals surface area contributed by atoms with Crippen molar-refractivity contribution in [2.75, 3.05) is 0 Å². The molecule has 0 radical (unpaired) electrons. The summed E-state index contributed by atoms with van der Waals surface area (Å²) in [7, 11) is -4.01. The lowest BCUT2D eigenvalue weighted by Gasteiger charge is -2.09. The van der Waals surface area contributed by atoms with E-state index in [4.69, 9.17) is 23.2 Å². The molecule has 122 valence electrons. The number of rotatable bonds is 4. The van der Waals surface area contributed by atoms with Gasteiger partial charge in [-0.15, -0.1) is 16.2 Å². The number of fused-ring (bicyclic) bond motifs is 1. The van der Waals surface area contributed by atoms with E-state index < -0.39 is 15.9 Å². The van der Waals surface area contributed by atoms with Crippen molar-refractivity contribution in [3.63, 3.8) is 0 Å². The predicted octanol–water partition coefficient (Wildman–Crippen LogP) is 3.17. The maximum atomic E-state index is 12.2. The molecule has 1 amide bonds. The highest BCUT2D eigenvalue weighted by molar-refractivity contribution is 7.89. The van der Waals surface area contributed by atoms with E-state index in [-0.39, 0.29) is 14.9 Å². The molecule has 9 heteroatoms. The van der Waals surface area contributed by atoms with E-state index in [1.165, 1.54) is 40.0 Å². The molecule has 0 saturated heterocycles. The number of amides is 1. The second kappa shape index (κ2) is 6.41. The fourth-order valence-corrected chi connectivity index (χ4v) is 5.11. The first-order valence-corrected chi connectivity index (χ1v) is 9.81. The summed E-state index contributed by atoms with van der Waals surface area (Å²) in [6, 6.07) is 5.89. The Balaban J connectivity index is 1.73. The molecule has 0 aliphatic heterocycles. The van der Waals surface area contributed by atoms with Gasteiger partial charge in [0.1, 0.15) is 4.90 Å². The van der Waals surface area contributed by atoms with E-state index in [2.05, 4.69) is 5.43 Å². The normalized spacial score (nSPS) is 13.8. The minimum Gasteiger partial charge on any atom is -0.273 e. The zero-order chi connectivity index (χ0) is 16.6. The number of carbonyl (C=O) groups excluding carboxylic acids is 1. The average Bonchev–Trinajstić information content (AvgIpc) is 3.08. The standard InChI is InChI=1S/C14H12Cl2N2O3S2/c15-9-4-5-10(16)13(7-9)23(20,21)18-17-14(19)12-6-8-2-1-3-11(8)22-12/h4-7,18H,1-3H2,(H,17,19). The molecule has 0 fully saturated rings. The maximum absolute atomic E-state index is 12.2. The quantitative estimate of drug-likeness (QED) is 0.787. The largest absolute Gasteiger partial charge is 0.276 e. The highest BCUT2D eigenvalue weighted by atomic mass is 35.5. The molecule has 5 nitrogen and oxygen atoms in total. The molecule has 1 aliphatic carbocycles. The van der Waals surface area contributed by atoms with E-state index in [0.29, 0.717) is 4.88 Å². The van der Waals surface area contributed by atoms with E-state index >= 15 is 0 Å². The van der Waals surface area contributed by atoms with Gasteiger partial charge in [0.05, 0.1) is 9.90 Å². The SMILES string of the molecule is O=C(NNS(=O)(=O)c1cc(Cl)ccc1Cl)c1cc2c(s1)CCC2. The number of benzene rings is 1.